The van der Waals surface area contributed by atoms with Gasteiger partial charge in [-0.15, -0.1) is 0 Å². The number of fused-ring (bicyclic) bond motifs is 1. The van der Waals surface area contributed by atoms with Gasteiger partial charge in [0, 0.05) is 29.2 Å². The Morgan fingerprint density at radius 1 is 1.26 bits per heavy atom. The summed E-state index contributed by atoms with van der Waals surface area (Å²) in [4.78, 5) is 4.57. The molecule has 0 aliphatic carbocycles. The fourth-order valence-corrected chi connectivity index (χ4v) is 2.75. The van der Waals surface area contributed by atoms with E-state index in [9.17, 15) is 0 Å². The second-order valence-corrected chi connectivity index (χ2v) is 6.03. The lowest BCUT2D eigenvalue weighted by atomic mass is 10.1. The Balaban J connectivity index is 1.91. The van der Waals surface area contributed by atoms with Crippen LogP contribution in [-0.4, -0.2) is 20.5 Å². The third-order valence-electron chi connectivity index (χ3n) is 3.72. The average molecular weight is 328 g/mol. The Morgan fingerprint density at radius 3 is 2.74 bits per heavy atom. The Bertz CT molecular complexity index is 911. The van der Waals surface area contributed by atoms with Crippen molar-refractivity contribution in [1.29, 1.82) is 0 Å². The number of aromatic nitrogens is 3. The van der Waals surface area contributed by atoms with Gasteiger partial charge in [-0.25, -0.2) is 4.98 Å². The average Bonchev–Trinajstić information content (AvgIpc) is 2.84. The standard InChI is InChI=1S/C17H18ClN5/c1-10-7-17(19-16-6-5-13(18)8-14(10)16)21-20-11(2)15-9-23(4)22-12(15)3/h5-9H,1-4H3,(H,19,21)/b20-11+. The fourth-order valence-electron chi connectivity index (χ4n) is 2.58. The van der Waals surface area contributed by atoms with E-state index in [4.69, 9.17) is 11.6 Å². The molecular formula is C17H18ClN5. The topological polar surface area (TPSA) is 55.1 Å². The van der Waals surface area contributed by atoms with Gasteiger partial charge in [0.25, 0.3) is 0 Å². The van der Waals surface area contributed by atoms with Gasteiger partial charge in [0.2, 0.25) is 0 Å². The van der Waals surface area contributed by atoms with Crippen LogP contribution in [0.25, 0.3) is 10.9 Å². The van der Waals surface area contributed by atoms with Crippen molar-refractivity contribution in [2.75, 3.05) is 5.43 Å². The molecular weight excluding hydrogens is 310 g/mol. The van der Waals surface area contributed by atoms with Gasteiger partial charge in [0.05, 0.1) is 16.9 Å². The van der Waals surface area contributed by atoms with Gasteiger partial charge in [0.15, 0.2) is 0 Å². The summed E-state index contributed by atoms with van der Waals surface area (Å²) < 4.78 is 1.78. The lowest BCUT2D eigenvalue weighted by Crippen LogP contribution is -2.02. The van der Waals surface area contributed by atoms with E-state index < -0.39 is 0 Å². The van der Waals surface area contributed by atoms with Crippen LogP contribution in [0.2, 0.25) is 5.02 Å². The molecule has 0 fully saturated rings. The van der Waals surface area contributed by atoms with E-state index in [0.29, 0.717) is 10.8 Å². The Labute approximate surface area is 140 Å². The molecule has 0 unspecified atom stereocenters. The molecule has 6 heteroatoms. The van der Waals surface area contributed by atoms with Crippen LogP contribution in [0.15, 0.2) is 35.6 Å². The van der Waals surface area contributed by atoms with Gasteiger partial charge < -0.3 is 0 Å². The molecule has 118 valence electrons. The monoisotopic (exact) mass is 327 g/mol. The highest BCUT2D eigenvalue weighted by molar-refractivity contribution is 6.31. The van der Waals surface area contributed by atoms with Crippen LogP contribution in [-0.2, 0) is 7.05 Å². The maximum atomic E-state index is 6.04. The normalized spacial score (nSPS) is 12.0. The van der Waals surface area contributed by atoms with Gasteiger partial charge in [0.1, 0.15) is 5.82 Å². The summed E-state index contributed by atoms with van der Waals surface area (Å²) in [5.41, 5.74) is 7.86. The number of aryl methyl sites for hydroxylation is 3. The summed E-state index contributed by atoms with van der Waals surface area (Å²) in [6.07, 6.45) is 1.96. The number of halogens is 1. The Hall–Kier alpha value is -2.40. The highest BCUT2D eigenvalue weighted by Gasteiger charge is 2.07. The summed E-state index contributed by atoms with van der Waals surface area (Å²) >= 11 is 6.04. The molecule has 0 amide bonds. The number of anilines is 1. The number of rotatable bonds is 3. The third kappa shape index (κ3) is 3.19. The summed E-state index contributed by atoms with van der Waals surface area (Å²) in [6.45, 7) is 5.95. The molecule has 0 aliphatic rings. The number of hydrogen-bond acceptors (Lipinski definition) is 4. The SMILES string of the molecule is C/C(=N\Nc1cc(C)c2cc(Cl)ccc2n1)c1cn(C)nc1C. The molecule has 1 N–H and O–H groups in total. The van der Waals surface area contributed by atoms with Crippen LogP contribution in [0.4, 0.5) is 5.82 Å². The van der Waals surface area contributed by atoms with Crippen LogP contribution in [0.3, 0.4) is 0 Å². The molecule has 0 saturated heterocycles. The van der Waals surface area contributed by atoms with Gasteiger partial charge in [-0.1, -0.05) is 11.6 Å². The molecule has 0 saturated carbocycles. The molecule has 2 aromatic heterocycles. The van der Waals surface area contributed by atoms with E-state index in [0.717, 1.165) is 33.4 Å². The van der Waals surface area contributed by atoms with Crippen LogP contribution >= 0.6 is 11.6 Å². The van der Waals surface area contributed by atoms with Crippen molar-refractivity contribution in [2.24, 2.45) is 12.1 Å². The summed E-state index contributed by atoms with van der Waals surface area (Å²) in [7, 11) is 1.90. The van der Waals surface area contributed by atoms with Crippen molar-refractivity contribution < 1.29 is 0 Å². The smallest absolute Gasteiger partial charge is 0.147 e. The molecule has 3 rings (SSSR count). The van der Waals surface area contributed by atoms with Crippen LogP contribution in [0.1, 0.15) is 23.7 Å². The van der Waals surface area contributed by atoms with Crippen molar-refractivity contribution in [3.8, 4) is 0 Å². The quantitative estimate of drug-likeness (QED) is 0.582. The molecule has 1 aromatic carbocycles. The summed E-state index contributed by atoms with van der Waals surface area (Å²) in [6, 6.07) is 7.65. The highest BCUT2D eigenvalue weighted by atomic mass is 35.5. The number of pyridine rings is 1. The summed E-state index contributed by atoms with van der Waals surface area (Å²) in [5.74, 6) is 0.707. The first-order valence-corrected chi connectivity index (χ1v) is 7.69. The molecule has 0 radical (unpaired) electrons. The first-order valence-electron chi connectivity index (χ1n) is 7.32. The van der Waals surface area contributed by atoms with Crippen LogP contribution in [0.5, 0.6) is 0 Å². The second-order valence-electron chi connectivity index (χ2n) is 5.60. The van der Waals surface area contributed by atoms with Crippen molar-refractivity contribution >= 4 is 34.0 Å². The Morgan fingerprint density at radius 2 is 2.04 bits per heavy atom. The number of nitrogens with zero attached hydrogens (tertiary/aromatic N) is 4. The molecule has 23 heavy (non-hydrogen) atoms. The van der Waals surface area contributed by atoms with Crippen molar-refractivity contribution in [1.82, 2.24) is 14.8 Å². The van der Waals surface area contributed by atoms with Gasteiger partial charge in [-0.2, -0.15) is 10.2 Å². The number of hydrazone groups is 1. The van der Waals surface area contributed by atoms with Crippen molar-refractivity contribution in [3.63, 3.8) is 0 Å². The van der Waals surface area contributed by atoms with Gasteiger partial charge >= 0.3 is 0 Å². The summed E-state index contributed by atoms with van der Waals surface area (Å²) in [5, 5.41) is 10.5. The van der Waals surface area contributed by atoms with Crippen molar-refractivity contribution in [2.45, 2.75) is 20.8 Å². The molecule has 0 aliphatic heterocycles. The number of nitrogens with one attached hydrogen (secondary N) is 1. The van der Waals surface area contributed by atoms with E-state index in [-0.39, 0.29) is 0 Å². The number of benzene rings is 1. The van der Waals surface area contributed by atoms with Crippen molar-refractivity contribution in [3.05, 3.63) is 52.3 Å². The predicted octanol–water partition coefficient (Wildman–Crippen LogP) is 4.07. The second kappa shape index (κ2) is 6.01. The number of hydrogen-bond donors (Lipinski definition) is 1. The minimum Gasteiger partial charge on any atom is -0.275 e. The van der Waals surface area contributed by atoms with Gasteiger partial charge in [-0.3, -0.25) is 10.1 Å². The minimum absolute atomic E-state index is 0.707. The van der Waals surface area contributed by atoms with E-state index in [1.807, 2.05) is 58.3 Å². The molecule has 5 nitrogen and oxygen atoms in total. The Kier molecular flexibility index (Phi) is 4.05. The minimum atomic E-state index is 0.707. The maximum absolute atomic E-state index is 6.04. The van der Waals surface area contributed by atoms with Gasteiger partial charge in [-0.05, 0) is 50.6 Å². The first-order chi connectivity index (χ1) is 10.9. The van der Waals surface area contributed by atoms with E-state index >= 15 is 0 Å². The lowest BCUT2D eigenvalue weighted by Gasteiger charge is -2.07. The zero-order valence-corrected chi connectivity index (χ0v) is 14.3. The highest BCUT2D eigenvalue weighted by Crippen LogP contribution is 2.23. The largest absolute Gasteiger partial charge is 0.275 e. The molecule has 2 heterocycles. The fraction of sp³-hybridized carbons (Fsp3) is 0.235. The van der Waals surface area contributed by atoms with Crippen LogP contribution in [0, 0.1) is 13.8 Å². The molecule has 0 spiro atoms. The van der Waals surface area contributed by atoms with E-state index in [1.54, 1.807) is 4.68 Å². The van der Waals surface area contributed by atoms with E-state index in [2.05, 4.69) is 20.6 Å². The van der Waals surface area contributed by atoms with Crippen LogP contribution < -0.4 is 5.43 Å². The maximum Gasteiger partial charge on any atom is 0.147 e. The zero-order chi connectivity index (χ0) is 16.6. The lowest BCUT2D eigenvalue weighted by molar-refractivity contribution is 0.756. The molecule has 0 atom stereocenters. The first kappa shape index (κ1) is 15.5. The van der Waals surface area contributed by atoms with E-state index in [1.165, 1.54) is 0 Å². The zero-order valence-electron chi connectivity index (χ0n) is 13.6. The third-order valence-corrected chi connectivity index (χ3v) is 3.95. The molecule has 0 bridgehead atoms. The molecule has 3 aromatic rings. The predicted molar refractivity (Wildman–Crippen MR) is 95.3 cm³/mol.